The molecule has 2 atom stereocenters. The highest BCUT2D eigenvalue weighted by Gasteiger charge is 2.57. The van der Waals surface area contributed by atoms with Crippen molar-refractivity contribution in [3.05, 3.63) is 12.2 Å². The Bertz CT molecular complexity index is 410. The predicted octanol–water partition coefficient (Wildman–Crippen LogP) is 1.87. The summed E-state index contributed by atoms with van der Waals surface area (Å²) in [6.45, 7) is 5.42. The Morgan fingerprint density at radius 3 is 2.50 bits per heavy atom. The fourth-order valence-electron chi connectivity index (χ4n) is 2.58. The number of ether oxygens (including phenoxy) is 2. The topological polar surface area (TPSA) is 55.8 Å². The maximum Gasteiger partial charge on any atom is 0.412 e. The van der Waals surface area contributed by atoms with Gasteiger partial charge in [0, 0.05) is 0 Å². The first-order chi connectivity index (χ1) is 8.30. The van der Waals surface area contributed by atoms with Crippen LogP contribution in [0.25, 0.3) is 0 Å². The Morgan fingerprint density at radius 1 is 1.39 bits per heavy atom. The van der Waals surface area contributed by atoms with Crippen molar-refractivity contribution in [1.82, 2.24) is 4.90 Å². The van der Waals surface area contributed by atoms with Crippen LogP contribution in [0.4, 0.5) is 4.79 Å². The van der Waals surface area contributed by atoms with E-state index in [-0.39, 0.29) is 6.04 Å². The summed E-state index contributed by atoms with van der Waals surface area (Å²) in [7, 11) is 1.34. The van der Waals surface area contributed by atoms with Crippen LogP contribution in [0.15, 0.2) is 12.2 Å². The van der Waals surface area contributed by atoms with Crippen LogP contribution in [0.2, 0.25) is 0 Å². The molecule has 18 heavy (non-hydrogen) atoms. The number of methoxy groups -OCH3 is 1. The lowest BCUT2D eigenvalue weighted by Crippen LogP contribution is -2.52. The molecular weight excluding hydrogens is 234 g/mol. The first-order valence-corrected chi connectivity index (χ1v) is 6.10. The molecule has 0 spiro atoms. The van der Waals surface area contributed by atoms with Crippen molar-refractivity contribution in [2.75, 3.05) is 7.11 Å². The molecule has 2 aliphatic rings. The van der Waals surface area contributed by atoms with Gasteiger partial charge in [-0.25, -0.2) is 9.59 Å². The van der Waals surface area contributed by atoms with Crippen molar-refractivity contribution in [3.63, 3.8) is 0 Å². The van der Waals surface area contributed by atoms with Crippen molar-refractivity contribution in [1.29, 1.82) is 0 Å². The minimum absolute atomic E-state index is 0.0565. The number of carbonyl (C=O) groups excluding carboxylic acids is 2. The predicted molar refractivity (Wildman–Crippen MR) is 65.0 cm³/mol. The lowest BCUT2D eigenvalue weighted by molar-refractivity contribution is -0.150. The summed E-state index contributed by atoms with van der Waals surface area (Å²) in [5, 5.41) is 0. The van der Waals surface area contributed by atoms with E-state index in [1.165, 1.54) is 12.0 Å². The van der Waals surface area contributed by atoms with Gasteiger partial charge in [0.25, 0.3) is 0 Å². The molecule has 5 heteroatoms. The summed E-state index contributed by atoms with van der Waals surface area (Å²) in [5.41, 5.74) is -1.53. The van der Waals surface area contributed by atoms with E-state index in [0.29, 0.717) is 6.42 Å². The number of fused-ring (bicyclic) bond motifs is 2. The SMILES string of the molecule is COC(=O)C12C=CC(CC1)N2C(=O)OC(C)(C)C. The summed E-state index contributed by atoms with van der Waals surface area (Å²) >= 11 is 0. The van der Waals surface area contributed by atoms with Gasteiger partial charge in [0.05, 0.1) is 13.2 Å². The van der Waals surface area contributed by atoms with Crippen molar-refractivity contribution in [3.8, 4) is 0 Å². The van der Waals surface area contributed by atoms with E-state index in [4.69, 9.17) is 9.47 Å². The van der Waals surface area contributed by atoms with Crippen LogP contribution in [0.1, 0.15) is 33.6 Å². The van der Waals surface area contributed by atoms with Gasteiger partial charge in [-0.2, -0.15) is 0 Å². The first kappa shape index (κ1) is 12.9. The molecule has 2 unspecified atom stereocenters. The highest BCUT2D eigenvalue weighted by Crippen LogP contribution is 2.43. The van der Waals surface area contributed by atoms with Gasteiger partial charge in [-0.05, 0) is 39.7 Å². The van der Waals surface area contributed by atoms with Crippen LogP contribution in [-0.4, -0.2) is 41.3 Å². The molecule has 1 amide bonds. The molecule has 2 rings (SSSR count). The van der Waals surface area contributed by atoms with E-state index in [0.717, 1.165) is 6.42 Å². The minimum Gasteiger partial charge on any atom is -0.467 e. The van der Waals surface area contributed by atoms with Gasteiger partial charge in [0.2, 0.25) is 0 Å². The summed E-state index contributed by atoms with van der Waals surface area (Å²) in [5.74, 6) is -0.399. The second kappa shape index (κ2) is 4.00. The molecule has 0 aromatic carbocycles. The number of nitrogens with zero attached hydrogens (tertiary/aromatic N) is 1. The van der Waals surface area contributed by atoms with Crippen LogP contribution in [0.3, 0.4) is 0 Å². The maximum absolute atomic E-state index is 12.2. The van der Waals surface area contributed by atoms with Gasteiger partial charge in [-0.3, -0.25) is 4.90 Å². The van der Waals surface area contributed by atoms with Gasteiger partial charge in [0.1, 0.15) is 5.60 Å². The molecule has 2 heterocycles. The number of carbonyl (C=O) groups is 2. The average molecular weight is 253 g/mol. The van der Waals surface area contributed by atoms with Crippen LogP contribution in [-0.2, 0) is 14.3 Å². The summed E-state index contributed by atoms with van der Waals surface area (Å²) in [6.07, 6.45) is 4.55. The number of hydrogen-bond acceptors (Lipinski definition) is 4. The zero-order valence-electron chi connectivity index (χ0n) is 11.2. The maximum atomic E-state index is 12.2. The molecule has 0 N–H and O–H groups in total. The highest BCUT2D eigenvalue weighted by atomic mass is 16.6. The van der Waals surface area contributed by atoms with E-state index >= 15 is 0 Å². The second-order valence-electron chi connectivity index (χ2n) is 5.73. The molecule has 0 saturated carbocycles. The fourth-order valence-corrected chi connectivity index (χ4v) is 2.58. The smallest absolute Gasteiger partial charge is 0.412 e. The van der Waals surface area contributed by atoms with Crippen LogP contribution in [0.5, 0.6) is 0 Å². The van der Waals surface area contributed by atoms with Gasteiger partial charge in [0.15, 0.2) is 5.54 Å². The fraction of sp³-hybridized carbons (Fsp3) is 0.692. The number of esters is 1. The Balaban J connectivity index is 2.24. The Labute approximate surface area is 107 Å². The van der Waals surface area contributed by atoms with E-state index < -0.39 is 23.2 Å². The van der Waals surface area contributed by atoms with Gasteiger partial charge < -0.3 is 9.47 Å². The van der Waals surface area contributed by atoms with Crippen molar-refractivity contribution >= 4 is 12.1 Å². The van der Waals surface area contributed by atoms with Crippen LogP contribution in [0, 0.1) is 0 Å². The molecule has 0 aromatic heterocycles. The van der Waals surface area contributed by atoms with E-state index in [9.17, 15) is 9.59 Å². The number of rotatable bonds is 1. The van der Waals surface area contributed by atoms with E-state index in [1.807, 2.05) is 6.08 Å². The molecule has 100 valence electrons. The average Bonchev–Trinajstić information content (AvgIpc) is 2.81. The first-order valence-electron chi connectivity index (χ1n) is 6.10. The van der Waals surface area contributed by atoms with Crippen LogP contribution >= 0.6 is 0 Å². The third-order valence-electron chi connectivity index (χ3n) is 3.31. The molecule has 5 nitrogen and oxygen atoms in total. The second-order valence-corrected chi connectivity index (χ2v) is 5.73. The quantitative estimate of drug-likeness (QED) is 0.529. The Kier molecular flexibility index (Phi) is 2.87. The largest absolute Gasteiger partial charge is 0.467 e. The zero-order valence-corrected chi connectivity index (χ0v) is 11.2. The van der Waals surface area contributed by atoms with Crippen molar-refractivity contribution in [2.24, 2.45) is 0 Å². The van der Waals surface area contributed by atoms with Gasteiger partial charge in [-0.1, -0.05) is 6.08 Å². The lowest BCUT2D eigenvalue weighted by atomic mass is 9.94. The molecule has 0 aliphatic carbocycles. The van der Waals surface area contributed by atoms with E-state index in [2.05, 4.69) is 0 Å². The number of amides is 1. The van der Waals surface area contributed by atoms with Crippen LogP contribution < -0.4 is 0 Å². The van der Waals surface area contributed by atoms with Crippen molar-refractivity contribution < 1.29 is 19.1 Å². The third-order valence-corrected chi connectivity index (χ3v) is 3.31. The summed E-state index contributed by atoms with van der Waals surface area (Å²) in [4.78, 5) is 25.7. The standard InChI is InChI=1S/C13H19NO4/c1-12(2,3)18-11(16)14-9-5-7-13(14,8-6-9)10(15)17-4/h5,7,9H,6,8H2,1-4H3. The van der Waals surface area contributed by atoms with E-state index in [1.54, 1.807) is 26.8 Å². The molecule has 0 radical (unpaired) electrons. The molecule has 1 saturated heterocycles. The Morgan fingerprint density at radius 2 is 2.06 bits per heavy atom. The monoisotopic (exact) mass is 253 g/mol. The molecule has 1 fully saturated rings. The summed E-state index contributed by atoms with van der Waals surface area (Å²) < 4.78 is 10.2. The molecular formula is C13H19NO4. The minimum atomic E-state index is -0.957. The van der Waals surface area contributed by atoms with Gasteiger partial charge >= 0.3 is 12.1 Å². The lowest BCUT2D eigenvalue weighted by Gasteiger charge is -2.33. The molecule has 2 bridgehead atoms. The van der Waals surface area contributed by atoms with Crippen molar-refractivity contribution in [2.45, 2.75) is 50.8 Å². The molecule has 0 aromatic rings. The third kappa shape index (κ3) is 1.87. The zero-order chi connectivity index (χ0) is 13.6. The molecule has 2 aliphatic heterocycles. The highest BCUT2D eigenvalue weighted by molar-refractivity contribution is 5.90. The Hall–Kier alpha value is -1.52. The normalized spacial score (nSPS) is 29.6. The number of hydrogen-bond donors (Lipinski definition) is 0. The summed E-state index contributed by atoms with van der Waals surface area (Å²) in [6, 6.07) is -0.0565. The van der Waals surface area contributed by atoms with Gasteiger partial charge in [-0.15, -0.1) is 0 Å².